The maximum Gasteiger partial charge on any atom is 0.236 e. The van der Waals surface area contributed by atoms with Crippen LogP contribution in [0.15, 0.2) is 21.9 Å². The molecule has 2 aromatic rings. The van der Waals surface area contributed by atoms with Gasteiger partial charge in [0.1, 0.15) is 5.76 Å². The van der Waals surface area contributed by atoms with Gasteiger partial charge in [-0.25, -0.2) is 4.98 Å². The highest BCUT2D eigenvalue weighted by Gasteiger charge is 2.33. The lowest BCUT2D eigenvalue weighted by molar-refractivity contribution is 0.271. The van der Waals surface area contributed by atoms with E-state index in [2.05, 4.69) is 16.8 Å². The number of aromatic nitrogens is 1. The number of halogens is 1. The predicted molar refractivity (Wildman–Crippen MR) is 88.9 cm³/mol. The number of nitrogens with two attached hydrogens (primary N) is 1. The van der Waals surface area contributed by atoms with Crippen LogP contribution < -0.4 is 5.73 Å². The molecule has 1 aliphatic heterocycles. The minimum absolute atomic E-state index is 0. The molecule has 21 heavy (non-hydrogen) atoms. The molecule has 0 saturated carbocycles. The molecular formula is C15H22ClN3OS. The molecule has 0 aliphatic carbocycles. The Kier molecular flexibility index (Phi) is 5.09. The van der Waals surface area contributed by atoms with E-state index in [4.69, 9.17) is 10.2 Å². The first-order valence-electron chi connectivity index (χ1n) is 7.02. The maximum atomic E-state index is 5.86. The number of nitrogens with zero attached hydrogens (tertiary/aromatic N) is 2. The highest BCUT2D eigenvalue weighted by molar-refractivity contribution is 7.13. The topological polar surface area (TPSA) is 55.3 Å². The fourth-order valence-corrected chi connectivity index (χ4v) is 3.37. The normalized spacial score (nSPS) is 22.4. The molecule has 1 saturated heterocycles. The Morgan fingerprint density at radius 1 is 1.52 bits per heavy atom. The monoisotopic (exact) mass is 327 g/mol. The molecule has 0 aromatic carbocycles. The molecule has 0 bridgehead atoms. The van der Waals surface area contributed by atoms with Crippen molar-refractivity contribution in [2.24, 2.45) is 11.1 Å². The summed E-state index contributed by atoms with van der Waals surface area (Å²) in [6.07, 6.45) is 1.16. The van der Waals surface area contributed by atoms with E-state index < -0.39 is 0 Å². The second kappa shape index (κ2) is 6.48. The number of likely N-dealkylation sites (tertiary alicyclic amines) is 1. The van der Waals surface area contributed by atoms with Crippen LogP contribution in [0, 0.1) is 12.3 Å². The van der Waals surface area contributed by atoms with E-state index in [0.717, 1.165) is 54.8 Å². The van der Waals surface area contributed by atoms with E-state index in [1.165, 1.54) is 0 Å². The molecule has 6 heteroatoms. The van der Waals surface area contributed by atoms with Gasteiger partial charge in [-0.15, -0.1) is 23.7 Å². The van der Waals surface area contributed by atoms with Crippen molar-refractivity contribution in [2.45, 2.75) is 26.8 Å². The Morgan fingerprint density at radius 2 is 2.33 bits per heavy atom. The highest BCUT2D eigenvalue weighted by atomic mass is 35.5. The SMILES string of the molecule is Cc1oc(-c2cccs2)nc1CN1CCC(C)(CN)C1.Cl. The van der Waals surface area contributed by atoms with E-state index in [1.54, 1.807) is 11.3 Å². The summed E-state index contributed by atoms with van der Waals surface area (Å²) < 4.78 is 5.80. The van der Waals surface area contributed by atoms with Crippen molar-refractivity contribution < 1.29 is 4.42 Å². The largest absolute Gasteiger partial charge is 0.440 e. The zero-order valence-electron chi connectivity index (χ0n) is 12.5. The standard InChI is InChI=1S/C15H21N3OS.ClH/c1-11-12(8-18-6-5-15(2,9-16)10-18)17-14(19-11)13-4-3-7-20-13;/h3-4,7H,5-6,8-10,16H2,1-2H3;1H. The van der Waals surface area contributed by atoms with Crippen molar-refractivity contribution in [2.75, 3.05) is 19.6 Å². The number of rotatable bonds is 4. The van der Waals surface area contributed by atoms with E-state index >= 15 is 0 Å². The molecule has 1 atom stereocenters. The first-order valence-corrected chi connectivity index (χ1v) is 7.90. The van der Waals surface area contributed by atoms with E-state index in [0.29, 0.717) is 0 Å². The Labute approximate surface area is 135 Å². The summed E-state index contributed by atoms with van der Waals surface area (Å²) in [5.74, 6) is 1.67. The Hall–Kier alpha value is -0.880. The second-order valence-electron chi connectivity index (χ2n) is 5.97. The zero-order valence-corrected chi connectivity index (χ0v) is 14.1. The Bertz CT molecular complexity index is 584. The van der Waals surface area contributed by atoms with Crippen LogP contribution in [0.25, 0.3) is 10.8 Å². The van der Waals surface area contributed by atoms with Crippen molar-refractivity contribution in [3.8, 4) is 10.8 Å². The molecule has 3 heterocycles. The van der Waals surface area contributed by atoms with Gasteiger partial charge in [0.2, 0.25) is 5.89 Å². The molecule has 0 radical (unpaired) electrons. The summed E-state index contributed by atoms with van der Waals surface area (Å²) in [7, 11) is 0. The first kappa shape index (κ1) is 16.5. The molecule has 4 nitrogen and oxygen atoms in total. The van der Waals surface area contributed by atoms with Crippen molar-refractivity contribution in [1.82, 2.24) is 9.88 Å². The van der Waals surface area contributed by atoms with Crippen LogP contribution in [0.2, 0.25) is 0 Å². The van der Waals surface area contributed by atoms with E-state index in [1.807, 2.05) is 24.4 Å². The minimum Gasteiger partial charge on any atom is -0.440 e. The number of hydrogen-bond acceptors (Lipinski definition) is 5. The number of oxazole rings is 1. The van der Waals surface area contributed by atoms with Gasteiger partial charge >= 0.3 is 0 Å². The summed E-state index contributed by atoms with van der Waals surface area (Å²) in [5, 5.41) is 2.04. The second-order valence-corrected chi connectivity index (χ2v) is 6.92. The van der Waals surface area contributed by atoms with Crippen molar-refractivity contribution in [1.29, 1.82) is 0 Å². The van der Waals surface area contributed by atoms with Crippen LogP contribution in [0.1, 0.15) is 24.8 Å². The third-order valence-corrected chi connectivity index (χ3v) is 4.99. The van der Waals surface area contributed by atoms with Gasteiger partial charge in [-0.3, -0.25) is 4.90 Å². The molecule has 0 spiro atoms. The molecule has 116 valence electrons. The lowest BCUT2D eigenvalue weighted by atomic mass is 9.90. The first-order chi connectivity index (χ1) is 9.59. The van der Waals surface area contributed by atoms with E-state index in [-0.39, 0.29) is 17.8 Å². The van der Waals surface area contributed by atoms with Gasteiger partial charge in [-0.05, 0) is 43.3 Å². The van der Waals surface area contributed by atoms with Gasteiger partial charge < -0.3 is 10.2 Å². The summed E-state index contributed by atoms with van der Waals surface area (Å²) in [6.45, 7) is 8.01. The van der Waals surface area contributed by atoms with E-state index in [9.17, 15) is 0 Å². The fourth-order valence-electron chi connectivity index (χ4n) is 2.72. The fraction of sp³-hybridized carbons (Fsp3) is 0.533. The summed E-state index contributed by atoms with van der Waals surface area (Å²) in [6, 6.07) is 4.06. The van der Waals surface area contributed by atoms with Crippen molar-refractivity contribution >= 4 is 23.7 Å². The van der Waals surface area contributed by atoms with Gasteiger partial charge in [-0.1, -0.05) is 13.0 Å². The smallest absolute Gasteiger partial charge is 0.236 e. The molecule has 0 amide bonds. The maximum absolute atomic E-state index is 5.86. The van der Waals surface area contributed by atoms with Gasteiger partial charge in [-0.2, -0.15) is 0 Å². The highest BCUT2D eigenvalue weighted by Crippen LogP contribution is 2.31. The summed E-state index contributed by atoms with van der Waals surface area (Å²) in [4.78, 5) is 8.18. The molecule has 1 fully saturated rings. The zero-order chi connectivity index (χ0) is 14.2. The molecule has 1 unspecified atom stereocenters. The van der Waals surface area contributed by atoms with Crippen molar-refractivity contribution in [3.05, 3.63) is 29.0 Å². The summed E-state index contributed by atoms with van der Waals surface area (Å²) >= 11 is 1.66. The number of hydrogen-bond donors (Lipinski definition) is 1. The van der Waals surface area contributed by atoms with Crippen LogP contribution in [0.5, 0.6) is 0 Å². The lowest BCUT2D eigenvalue weighted by Gasteiger charge is -2.22. The summed E-state index contributed by atoms with van der Waals surface area (Å²) in [5.41, 5.74) is 7.17. The Morgan fingerprint density at radius 3 is 2.95 bits per heavy atom. The van der Waals surface area contributed by atoms with Crippen LogP contribution in [0.4, 0.5) is 0 Å². The van der Waals surface area contributed by atoms with Gasteiger partial charge in [0, 0.05) is 13.1 Å². The number of aryl methyl sites for hydroxylation is 1. The third kappa shape index (κ3) is 3.48. The molecule has 1 aliphatic rings. The quantitative estimate of drug-likeness (QED) is 0.936. The van der Waals surface area contributed by atoms with Crippen LogP contribution in [-0.2, 0) is 6.54 Å². The average molecular weight is 328 g/mol. The molecule has 2 N–H and O–H groups in total. The lowest BCUT2D eigenvalue weighted by Crippen LogP contribution is -2.31. The van der Waals surface area contributed by atoms with Gasteiger partial charge in [0.15, 0.2) is 0 Å². The predicted octanol–water partition coefficient (Wildman–Crippen LogP) is 3.30. The Balaban J connectivity index is 0.00000161. The third-order valence-electron chi connectivity index (χ3n) is 4.13. The number of thiophene rings is 1. The van der Waals surface area contributed by atoms with Gasteiger partial charge in [0.25, 0.3) is 0 Å². The molecule has 2 aromatic heterocycles. The molecule has 3 rings (SSSR count). The van der Waals surface area contributed by atoms with Crippen LogP contribution in [0.3, 0.4) is 0 Å². The minimum atomic E-state index is 0. The van der Waals surface area contributed by atoms with Crippen molar-refractivity contribution in [3.63, 3.8) is 0 Å². The van der Waals surface area contributed by atoms with Crippen LogP contribution >= 0.6 is 23.7 Å². The molecular weight excluding hydrogens is 306 g/mol. The average Bonchev–Trinajstić information content (AvgIpc) is 3.12. The van der Waals surface area contributed by atoms with Crippen LogP contribution in [-0.4, -0.2) is 29.5 Å². The van der Waals surface area contributed by atoms with Gasteiger partial charge in [0.05, 0.1) is 10.6 Å².